The molecule has 0 aliphatic heterocycles. The van der Waals surface area contributed by atoms with Gasteiger partial charge >= 0.3 is 0 Å². The molecule has 0 aromatic carbocycles. The normalized spacial score (nSPS) is 8.38. The first-order chi connectivity index (χ1) is 2.56. The Balaban J connectivity index is -0.000000125. The molecule has 0 bridgehead atoms. The summed E-state index contributed by atoms with van der Waals surface area (Å²) in [6.45, 7) is 10.0. The molecule has 0 aliphatic rings. The van der Waals surface area contributed by atoms with Gasteiger partial charge in [-0.05, 0) is 5.41 Å². The maximum atomic E-state index is 3.63. The van der Waals surface area contributed by atoms with Gasteiger partial charge in [0.15, 0.2) is 0 Å². The zero-order chi connectivity index (χ0) is 5.21. The van der Waals surface area contributed by atoms with Crippen molar-refractivity contribution in [2.45, 2.75) is 20.8 Å². The molecule has 0 spiro atoms. The van der Waals surface area contributed by atoms with E-state index in [1.807, 2.05) is 6.08 Å². The maximum Gasteiger partial charge on any atom is -0.0206 e. The van der Waals surface area contributed by atoms with Gasteiger partial charge in [0.05, 0.1) is 0 Å². The molecule has 0 aromatic heterocycles. The summed E-state index contributed by atoms with van der Waals surface area (Å²) in [5.41, 5.74) is 0.306. The lowest BCUT2D eigenvalue weighted by Gasteiger charge is -2.08. The summed E-state index contributed by atoms with van der Waals surface area (Å²) < 4.78 is 0. The molecule has 0 heterocycles. The number of allylic oxidation sites excluding steroid dienone is 1. The molecule has 0 aliphatic carbocycles. The third kappa shape index (κ3) is 16.7. The molecule has 0 rings (SSSR count). The van der Waals surface area contributed by atoms with E-state index >= 15 is 0 Å². The fraction of sp³-hybridized carbons (Fsp3) is 0.667. The third-order valence-electron chi connectivity index (χ3n) is 0.612. The summed E-state index contributed by atoms with van der Waals surface area (Å²) in [5, 5.41) is 0. The van der Waals surface area contributed by atoms with E-state index in [9.17, 15) is 0 Å². The van der Waals surface area contributed by atoms with Crippen LogP contribution in [0.3, 0.4) is 0 Å². The van der Waals surface area contributed by atoms with Crippen molar-refractivity contribution in [3.63, 3.8) is 0 Å². The molecule has 1 nitrogen and oxygen atoms in total. The summed E-state index contributed by atoms with van der Waals surface area (Å²) in [7, 11) is 0. The summed E-state index contributed by atoms with van der Waals surface area (Å²) in [4.78, 5) is 0. The third-order valence-corrected chi connectivity index (χ3v) is 0.612. The van der Waals surface area contributed by atoms with Crippen molar-refractivity contribution < 1.29 is 0 Å². The molecule has 0 aromatic rings. The molecular formula is C6H16ClN. The van der Waals surface area contributed by atoms with Crippen LogP contribution in [0.4, 0.5) is 0 Å². The zero-order valence-electron chi connectivity index (χ0n) is 5.90. The van der Waals surface area contributed by atoms with E-state index in [-0.39, 0.29) is 18.6 Å². The predicted octanol–water partition coefficient (Wildman–Crippen LogP) is 2.80. The molecule has 52 valence electrons. The quantitative estimate of drug-likeness (QED) is 0.512. The van der Waals surface area contributed by atoms with Crippen molar-refractivity contribution in [2.24, 2.45) is 5.41 Å². The lowest BCUT2D eigenvalue weighted by Crippen LogP contribution is -1.96. The zero-order valence-corrected chi connectivity index (χ0v) is 6.72. The molecule has 0 fully saturated rings. The molecule has 2 heteroatoms. The average Bonchev–Trinajstić information content (AvgIpc) is 1.35. The standard InChI is InChI=1S/C6H12.ClH.H3N/c1-5-6(2,3)4;;/h5H,1H2,2-4H3;1H;1H3. The largest absolute Gasteiger partial charge is 0.344 e. The molecule has 0 radical (unpaired) electrons. The van der Waals surface area contributed by atoms with Gasteiger partial charge in [-0.3, -0.25) is 0 Å². The van der Waals surface area contributed by atoms with Crippen LogP contribution in [0.1, 0.15) is 20.8 Å². The summed E-state index contributed by atoms with van der Waals surface area (Å²) in [5.74, 6) is 0. The molecule has 0 atom stereocenters. The van der Waals surface area contributed by atoms with Crippen LogP contribution in [0.2, 0.25) is 0 Å². The highest BCUT2D eigenvalue weighted by Crippen LogP contribution is 2.11. The lowest BCUT2D eigenvalue weighted by molar-refractivity contribution is 0.546. The number of hydrogen-bond acceptors (Lipinski definition) is 1. The van der Waals surface area contributed by atoms with Gasteiger partial charge in [0.1, 0.15) is 0 Å². The Morgan fingerprint density at radius 3 is 1.38 bits per heavy atom. The number of halogens is 1. The minimum atomic E-state index is 0. The SMILES string of the molecule is C=CC(C)(C)C.Cl.N. The van der Waals surface area contributed by atoms with Crippen molar-refractivity contribution in [3.8, 4) is 0 Å². The van der Waals surface area contributed by atoms with Crippen LogP contribution in [-0.2, 0) is 0 Å². The van der Waals surface area contributed by atoms with Gasteiger partial charge in [-0.25, -0.2) is 0 Å². The van der Waals surface area contributed by atoms with E-state index < -0.39 is 0 Å². The molecule has 0 saturated heterocycles. The van der Waals surface area contributed by atoms with Gasteiger partial charge in [0.2, 0.25) is 0 Å². The van der Waals surface area contributed by atoms with Gasteiger partial charge in [-0.2, -0.15) is 0 Å². The van der Waals surface area contributed by atoms with Gasteiger partial charge in [0, 0.05) is 0 Å². The van der Waals surface area contributed by atoms with E-state index in [1.54, 1.807) is 0 Å². The van der Waals surface area contributed by atoms with Crippen LogP contribution < -0.4 is 6.15 Å². The molecule has 3 N–H and O–H groups in total. The van der Waals surface area contributed by atoms with Gasteiger partial charge in [0.25, 0.3) is 0 Å². The highest BCUT2D eigenvalue weighted by Gasteiger charge is 1.99. The van der Waals surface area contributed by atoms with E-state index in [1.165, 1.54) is 0 Å². The first kappa shape index (κ1) is 15.7. The highest BCUT2D eigenvalue weighted by atomic mass is 35.5. The molecule has 0 unspecified atom stereocenters. The predicted molar refractivity (Wildman–Crippen MR) is 41.9 cm³/mol. The summed E-state index contributed by atoms with van der Waals surface area (Å²) in [6.07, 6.45) is 1.94. The van der Waals surface area contributed by atoms with E-state index in [0.29, 0.717) is 5.41 Å². The molecule has 0 saturated carbocycles. The Kier molecular flexibility index (Phi) is 10.1. The monoisotopic (exact) mass is 137 g/mol. The molecule has 0 amide bonds. The first-order valence-electron chi connectivity index (χ1n) is 2.20. The second-order valence-corrected chi connectivity index (χ2v) is 2.57. The van der Waals surface area contributed by atoms with Crippen molar-refractivity contribution >= 4 is 12.4 Å². The van der Waals surface area contributed by atoms with Crippen molar-refractivity contribution in [3.05, 3.63) is 12.7 Å². The summed E-state index contributed by atoms with van der Waals surface area (Å²) in [6, 6.07) is 0. The van der Waals surface area contributed by atoms with Gasteiger partial charge in [-0.1, -0.05) is 26.8 Å². The van der Waals surface area contributed by atoms with Crippen LogP contribution in [0, 0.1) is 5.41 Å². The second kappa shape index (κ2) is 5.13. The van der Waals surface area contributed by atoms with Crippen LogP contribution in [0.5, 0.6) is 0 Å². The Morgan fingerprint density at radius 1 is 1.25 bits per heavy atom. The fourth-order valence-electron chi connectivity index (χ4n) is 0. The van der Waals surface area contributed by atoms with E-state index in [4.69, 9.17) is 0 Å². The maximum absolute atomic E-state index is 3.63. The lowest BCUT2D eigenvalue weighted by atomic mass is 9.98. The van der Waals surface area contributed by atoms with Crippen molar-refractivity contribution in [1.82, 2.24) is 6.15 Å². The van der Waals surface area contributed by atoms with E-state index in [2.05, 4.69) is 27.4 Å². The highest BCUT2D eigenvalue weighted by molar-refractivity contribution is 5.85. The minimum Gasteiger partial charge on any atom is -0.344 e. The fourth-order valence-corrected chi connectivity index (χ4v) is 0. The number of rotatable bonds is 0. The Hall–Kier alpha value is -0.0100. The van der Waals surface area contributed by atoms with Crippen molar-refractivity contribution in [1.29, 1.82) is 0 Å². The first-order valence-corrected chi connectivity index (χ1v) is 2.20. The number of hydrogen-bond donors (Lipinski definition) is 1. The van der Waals surface area contributed by atoms with E-state index in [0.717, 1.165) is 0 Å². The Morgan fingerprint density at radius 2 is 1.38 bits per heavy atom. The average molecular weight is 138 g/mol. The van der Waals surface area contributed by atoms with Gasteiger partial charge < -0.3 is 6.15 Å². The summed E-state index contributed by atoms with van der Waals surface area (Å²) >= 11 is 0. The minimum absolute atomic E-state index is 0. The van der Waals surface area contributed by atoms with Crippen molar-refractivity contribution in [2.75, 3.05) is 0 Å². The second-order valence-electron chi connectivity index (χ2n) is 2.57. The Bertz CT molecular complexity index is 54.0. The molecule has 8 heavy (non-hydrogen) atoms. The van der Waals surface area contributed by atoms with Crippen LogP contribution in [0.25, 0.3) is 0 Å². The molecular weight excluding hydrogens is 122 g/mol. The van der Waals surface area contributed by atoms with Gasteiger partial charge in [-0.15, -0.1) is 19.0 Å². The van der Waals surface area contributed by atoms with Crippen LogP contribution >= 0.6 is 12.4 Å². The topological polar surface area (TPSA) is 35.0 Å². The Labute approximate surface area is 58.2 Å². The smallest absolute Gasteiger partial charge is 0.0206 e. The van der Waals surface area contributed by atoms with Crippen LogP contribution in [0.15, 0.2) is 12.7 Å². The van der Waals surface area contributed by atoms with Crippen LogP contribution in [-0.4, -0.2) is 0 Å².